The lowest BCUT2D eigenvalue weighted by Crippen LogP contribution is -2.48. The van der Waals surface area contributed by atoms with E-state index in [4.69, 9.17) is 4.74 Å². The average Bonchev–Trinajstić information content (AvgIpc) is 2.37. The van der Waals surface area contributed by atoms with Crippen molar-refractivity contribution < 1.29 is 23.4 Å². The van der Waals surface area contributed by atoms with Crippen molar-refractivity contribution in [2.45, 2.75) is 18.6 Å². The van der Waals surface area contributed by atoms with Gasteiger partial charge in [-0.05, 0) is 16.8 Å². The molecule has 3 nitrogen and oxygen atoms in total. The quantitative estimate of drug-likeness (QED) is 0.861. The molecule has 0 saturated carbocycles. The van der Waals surface area contributed by atoms with E-state index < -0.39 is 24.4 Å². The average molecular weight is 264 g/mol. The first-order valence-corrected chi connectivity index (χ1v) is 5.76. The minimum Gasteiger partial charge on any atom is -0.455 e. The Labute approximate surface area is 107 Å². The third kappa shape index (κ3) is 1.77. The number of Topliss-reactive ketones (excluding diaryl/α,β-unsaturated/α-hetero) is 1. The maximum Gasteiger partial charge on any atom is 0.302 e. The van der Waals surface area contributed by atoms with E-state index in [9.17, 15) is 18.7 Å². The molecule has 5 heteroatoms. The number of fused-ring (bicyclic) bond motifs is 3. The van der Waals surface area contributed by atoms with Gasteiger partial charge in [0.1, 0.15) is 5.75 Å². The van der Waals surface area contributed by atoms with Crippen molar-refractivity contribution in [3.05, 3.63) is 42.0 Å². The van der Waals surface area contributed by atoms with Crippen LogP contribution in [0, 0.1) is 0 Å². The zero-order chi connectivity index (χ0) is 13.6. The normalized spacial score (nSPS) is 22.4. The van der Waals surface area contributed by atoms with E-state index in [1.165, 1.54) is 6.07 Å². The van der Waals surface area contributed by atoms with Crippen LogP contribution in [0.4, 0.5) is 8.78 Å². The van der Waals surface area contributed by atoms with Gasteiger partial charge in [0.25, 0.3) is 5.79 Å². The van der Waals surface area contributed by atoms with Gasteiger partial charge in [0, 0.05) is 0 Å². The van der Waals surface area contributed by atoms with E-state index >= 15 is 0 Å². The molecule has 0 saturated heterocycles. The topological polar surface area (TPSA) is 46.5 Å². The molecule has 0 unspecified atom stereocenters. The number of halogens is 2. The smallest absolute Gasteiger partial charge is 0.302 e. The van der Waals surface area contributed by atoms with Crippen molar-refractivity contribution in [3.8, 4) is 5.75 Å². The lowest BCUT2D eigenvalue weighted by molar-refractivity contribution is -0.219. The van der Waals surface area contributed by atoms with Gasteiger partial charge in [-0.1, -0.05) is 30.3 Å². The second-order valence-electron chi connectivity index (χ2n) is 4.51. The lowest BCUT2D eigenvalue weighted by atomic mass is 9.93. The predicted octanol–water partition coefficient (Wildman–Crippen LogP) is 2.76. The number of rotatable bonds is 1. The van der Waals surface area contributed by atoms with Crippen LogP contribution >= 0.6 is 0 Å². The first-order valence-electron chi connectivity index (χ1n) is 5.76. The van der Waals surface area contributed by atoms with Crippen molar-refractivity contribution in [2.75, 3.05) is 0 Å². The molecule has 2 aromatic carbocycles. The Hall–Kier alpha value is -2.01. The highest BCUT2D eigenvalue weighted by atomic mass is 19.3. The van der Waals surface area contributed by atoms with Crippen LogP contribution in [0.25, 0.3) is 10.8 Å². The van der Waals surface area contributed by atoms with Crippen LogP contribution in [-0.2, 0) is 0 Å². The Morgan fingerprint density at radius 2 is 1.95 bits per heavy atom. The summed E-state index contributed by atoms with van der Waals surface area (Å²) < 4.78 is 30.5. The molecule has 1 atom stereocenters. The molecule has 1 aliphatic rings. The molecule has 19 heavy (non-hydrogen) atoms. The second-order valence-corrected chi connectivity index (χ2v) is 4.51. The fraction of sp³-hybridized carbons (Fsp3) is 0.214. The number of hydrogen-bond acceptors (Lipinski definition) is 3. The molecule has 0 radical (unpaired) electrons. The first kappa shape index (κ1) is 12.0. The van der Waals surface area contributed by atoms with Gasteiger partial charge >= 0.3 is 6.43 Å². The van der Waals surface area contributed by atoms with Crippen LogP contribution < -0.4 is 4.74 Å². The van der Waals surface area contributed by atoms with E-state index in [2.05, 4.69) is 0 Å². The van der Waals surface area contributed by atoms with E-state index in [0.717, 1.165) is 5.39 Å². The largest absolute Gasteiger partial charge is 0.455 e. The first-order chi connectivity index (χ1) is 9.01. The number of ether oxygens (including phenoxy) is 1. The standard InChI is InChI=1S/C14H10F2O3/c15-13(16)14(18)7-10(17)12-9-4-2-1-3-8(9)5-6-11(12)19-14/h1-6,13,18H,7H2/t14-/m0/s1. The summed E-state index contributed by atoms with van der Waals surface area (Å²) >= 11 is 0. The maximum absolute atomic E-state index is 12.8. The minimum absolute atomic E-state index is 0.00208. The summed E-state index contributed by atoms with van der Waals surface area (Å²) in [7, 11) is 0. The number of benzene rings is 2. The molecule has 0 spiro atoms. The van der Waals surface area contributed by atoms with Crippen LogP contribution in [0.1, 0.15) is 16.8 Å². The summed E-state index contributed by atoms with van der Waals surface area (Å²) in [5.74, 6) is -3.27. The molecule has 1 aliphatic heterocycles. The summed E-state index contributed by atoms with van der Waals surface area (Å²) in [6.07, 6.45) is -3.89. The number of carbonyl (C=O) groups excluding carboxylic acids is 1. The molecule has 3 rings (SSSR count). The number of alkyl halides is 2. The monoisotopic (exact) mass is 264 g/mol. The SMILES string of the molecule is O=C1C[C@@](O)(C(F)F)Oc2ccc3ccccc3c21. The van der Waals surface area contributed by atoms with E-state index in [1.807, 2.05) is 12.1 Å². The molecule has 0 bridgehead atoms. The molecule has 0 aliphatic carbocycles. The maximum atomic E-state index is 12.8. The Morgan fingerprint density at radius 3 is 2.68 bits per heavy atom. The van der Waals surface area contributed by atoms with Crippen LogP contribution in [0.15, 0.2) is 36.4 Å². The molecule has 0 amide bonds. The van der Waals surface area contributed by atoms with Crippen LogP contribution in [0.3, 0.4) is 0 Å². The molecule has 98 valence electrons. The minimum atomic E-state index is -3.14. The Kier molecular flexibility index (Phi) is 2.53. The van der Waals surface area contributed by atoms with Crippen molar-refractivity contribution in [1.29, 1.82) is 0 Å². The van der Waals surface area contributed by atoms with Crippen molar-refractivity contribution in [3.63, 3.8) is 0 Å². The van der Waals surface area contributed by atoms with Gasteiger partial charge in [0.15, 0.2) is 5.78 Å². The summed E-state index contributed by atoms with van der Waals surface area (Å²) in [6.45, 7) is 0. The fourth-order valence-electron chi connectivity index (χ4n) is 2.29. The van der Waals surface area contributed by atoms with Crippen LogP contribution in [0.5, 0.6) is 5.75 Å². The zero-order valence-electron chi connectivity index (χ0n) is 9.77. The Balaban J connectivity index is 2.21. The van der Waals surface area contributed by atoms with Gasteiger partial charge in [-0.3, -0.25) is 4.79 Å². The molecular weight excluding hydrogens is 254 g/mol. The number of aliphatic hydroxyl groups is 1. The van der Waals surface area contributed by atoms with E-state index in [1.54, 1.807) is 18.2 Å². The van der Waals surface area contributed by atoms with Crippen LogP contribution in [-0.4, -0.2) is 23.1 Å². The molecule has 1 heterocycles. The third-order valence-corrected chi connectivity index (χ3v) is 3.21. The summed E-state index contributed by atoms with van der Waals surface area (Å²) in [6, 6.07) is 10.2. The van der Waals surface area contributed by atoms with E-state index in [-0.39, 0.29) is 11.3 Å². The van der Waals surface area contributed by atoms with Gasteiger partial charge in [-0.25, -0.2) is 8.78 Å². The molecular formula is C14H10F2O3. The predicted molar refractivity (Wildman–Crippen MR) is 64.5 cm³/mol. The van der Waals surface area contributed by atoms with E-state index in [0.29, 0.717) is 5.39 Å². The number of carbonyl (C=O) groups is 1. The number of ketones is 1. The zero-order valence-corrected chi connectivity index (χ0v) is 9.77. The highest BCUT2D eigenvalue weighted by Crippen LogP contribution is 2.38. The Bertz CT molecular complexity index is 669. The number of hydrogen-bond donors (Lipinski definition) is 1. The molecule has 2 aromatic rings. The summed E-state index contributed by atoms with van der Waals surface area (Å²) in [5.41, 5.74) is 0.253. The van der Waals surface area contributed by atoms with Gasteiger partial charge in [0.2, 0.25) is 0 Å². The lowest BCUT2D eigenvalue weighted by Gasteiger charge is -2.32. The fourth-order valence-corrected chi connectivity index (χ4v) is 2.29. The van der Waals surface area contributed by atoms with Gasteiger partial charge in [0.05, 0.1) is 12.0 Å². The molecule has 0 aromatic heterocycles. The van der Waals surface area contributed by atoms with Crippen molar-refractivity contribution in [2.24, 2.45) is 0 Å². The van der Waals surface area contributed by atoms with Gasteiger partial charge in [-0.15, -0.1) is 0 Å². The second kappa shape index (κ2) is 3.99. The van der Waals surface area contributed by atoms with Crippen LogP contribution in [0.2, 0.25) is 0 Å². The van der Waals surface area contributed by atoms with Crippen molar-refractivity contribution >= 4 is 16.6 Å². The molecule has 1 N–H and O–H groups in total. The summed E-state index contributed by atoms with van der Waals surface area (Å²) in [4.78, 5) is 12.0. The third-order valence-electron chi connectivity index (χ3n) is 3.21. The highest BCUT2D eigenvalue weighted by molar-refractivity contribution is 6.11. The summed E-state index contributed by atoms with van der Waals surface area (Å²) in [5, 5.41) is 11.1. The van der Waals surface area contributed by atoms with Crippen molar-refractivity contribution in [1.82, 2.24) is 0 Å². The molecule has 0 fully saturated rings. The highest BCUT2D eigenvalue weighted by Gasteiger charge is 2.47. The Morgan fingerprint density at radius 1 is 1.21 bits per heavy atom. The van der Waals surface area contributed by atoms with Gasteiger partial charge < -0.3 is 9.84 Å². The van der Waals surface area contributed by atoms with Gasteiger partial charge in [-0.2, -0.15) is 0 Å².